The Kier molecular flexibility index (Phi) is 3.78. The molecule has 0 N–H and O–H groups in total. The molecule has 0 bridgehead atoms. The highest BCUT2D eigenvalue weighted by Crippen LogP contribution is 2.37. The summed E-state index contributed by atoms with van der Waals surface area (Å²) in [6.07, 6.45) is 5.50. The van der Waals surface area contributed by atoms with E-state index in [2.05, 4.69) is 28.3 Å². The second-order valence-electron chi connectivity index (χ2n) is 6.90. The zero-order chi connectivity index (χ0) is 15.1. The molecule has 1 aromatic rings. The molecule has 1 fully saturated rings. The van der Waals surface area contributed by atoms with Crippen molar-refractivity contribution in [3.63, 3.8) is 0 Å². The van der Waals surface area contributed by atoms with E-state index in [0.29, 0.717) is 6.04 Å². The fourth-order valence-electron chi connectivity index (χ4n) is 3.21. The highest BCUT2D eigenvalue weighted by atomic mass is 16.2. The highest BCUT2D eigenvalue weighted by Gasteiger charge is 2.39. The molecule has 0 spiro atoms. The number of carbonyl (C=O) groups excluding carboxylic acids is 1. The van der Waals surface area contributed by atoms with Gasteiger partial charge in [-0.1, -0.05) is 0 Å². The Bertz CT molecular complexity index is 530. The maximum absolute atomic E-state index is 12.8. The van der Waals surface area contributed by atoms with Crippen molar-refractivity contribution < 1.29 is 4.79 Å². The predicted molar refractivity (Wildman–Crippen MR) is 82.0 cm³/mol. The molecule has 0 aromatic carbocycles. The second kappa shape index (κ2) is 5.44. The number of hydrogen-bond acceptors (Lipinski definition) is 3. The third kappa shape index (κ3) is 2.71. The van der Waals surface area contributed by atoms with Crippen molar-refractivity contribution in [1.82, 2.24) is 19.4 Å². The SMILES string of the molecule is CC(C)n1cnc2c1[C@@H](C(=O)N(C)C)N(CC1CC1)CC2. The zero-order valence-electron chi connectivity index (χ0n) is 13.5. The van der Waals surface area contributed by atoms with Crippen LogP contribution in [-0.4, -0.2) is 52.4 Å². The van der Waals surface area contributed by atoms with E-state index in [9.17, 15) is 4.79 Å². The molecule has 1 aromatic heterocycles. The van der Waals surface area contributed by atoms with Gasteiger partial charge in [0.15, 0.2) is 0 Å². The smallest absolute Gasteiger partial charge is 0.245 e. The number of nitrogens with zero attached hydrogens (tertiary/aromatic N) is 4. The van der Waals surface area contributed by atoms with Crippen molar-refractivity contribution in [3.8, 4) is 0 Å². The van der Waals surface area contributed by atoms with Crippen LogP contribution in [0.3, 0.4) is 0 Å². The number of likely N-dealkylation sites (N-methyl/N-ethyl adjacent to an activating group) is 1. The van der Waals surface area contributed by atoms with Crippen LogP contribution in [0.2, 0.25) is 0 Å². The Hall–Kier alpha value is -1.36. The third-order valence-corrected chi connectivity index (χ3v) is 4.59. The maximum Gasteiger partial charge on any atom is 0.245 e. The average molecular weight is 290 g/mol. The summed E-state index contributed by atoms with van der Waals surface area (Å²) in [5.41, 5.74) is 2.23. The zero-order valence-corrected chi connectivity index (χ0v) is 13.5. The summed E-state index contributed by atoms with van der Waals surface area (Å²) in [7, 11) is 3.70. The van der Waals surface area contributed by atoms with Crippen molar-refractivity contribution in [1.29, 1.82) is 0 Å². The van der Waals surface area contributed by atoms with Crippen LogP contribution in [0.25, 0.3) is 0 Å². The van der Waals surface area contributed by atoms with Crippen LogP contribution in [0.15, 0.2) is 6.33 Å². The summed E-state index contributed by atoms with van der Waals surface area (Å²) < 4.78 is 2.18. The lowest BCUT2D eigenvalue weighted by Gasteiger charge is -2.37. The molecular formula is C16H26N4O. The molecule has 1 amide bonds. The van der Waals surface area contributed by atoms with Gasteiger partial charge in [0, 0.05) is 39.6 Å². The minimum absolute atomic E-state index is 0.158. The summed E-state index contributed by atoms with van der Waals surface area (Å²) in [4.78, 5) is 21.5. The number of hydrogen-bond donors (Lipinski definition) is 0. The molecular weight excluding hydrogens is 264 g/mol. The number of rotatable bonds is 4. The summed E-state index contributed by atoms with van der Waals surface area (Å²) >= 11 is 0. The number of fused-ring (bicyclic) bond motifs is 1. The van der Waals surface area contributed by atoms with E-state index in [1.54, 1.807) is 4.90 Å². The van der Waals surface area contributed by atoms with E-state index < -0.39 is 0 Å². The van der Waals surface area contributed by atoms with E-state index in [-0.39, 0.29) is 11.9 Å². The number of carbonyl (C=O) groups is 1. The first-order valence-electron chi connectivity index (χ1n) is 7.99. The van der Waals surface area contributed by atoms with Crippen molar-refractivity contribution in [2.45, 2.75) is 45.2 Å². The first-order valence-corrected chi connectivity index (χ1v) is 7.99. The van der Waals surface area contributed by atoms with Crippen LogP contribution in [0.1, 0.15) is 50.2 Å². The Morgan fingerprint density at radius 1 is 1.43 bits per heavy atom. The van der Waals surface area contributed by atoms with Gasteiger partial charge in [0.1, 0.15) is 6.04 Å². The molecule has 1 aliphatic heterocycles. The van der Waals surface area contributed by atoms with Crippen LogP contribution < -0.4 is 0 Å². The standard InChI is InChI=1S/C16H26N4O/c1-11(2)20-10-17-13-7-8-19(9-12-5-6-12)15(14(13)20)16(21)18(3)4/h10-12,15H,5-9H2,1-4H3/t15-/m0/s1. The fourth-order valence-corrected chi connectivity index (χ4v) is 3.21. The lowest BCUT2D eigenvalue weighted by molar-refractivity contribution is -0.135. The Morgan fingerprint density at radius 3 is 2.71 bits per heavy atom. The molecule has 0 saturated heterocycles. The van der Waals surface area contributed by atoms with Crippen molar-refractivity contribution in [2.24, 2.45) is 5.92 Å². The Balaban J connectivity index is 1.98. The van der Waals surface area contributed by atoms with Crippen molar-refractivity contribution in [3.05, 3.63) is 17.7 Å². The van der Waals surface area contributed by atoms with Gasteiger partial charge in [0.25, 0.3) is 0 Å². The quantitative estimate of drug-likeness (QED) is 0.850. The van der Waals surface area contributed by atoms with Gasteiger partial charge in [-0.25, -0.2) is 4.98 Å². The molecule has 2 heterocycles. The average Bonchev–Trinajstić information content (AvgIpc) is 3.13. The van der Waals surface area contributed by atoms with Crippen LogP contribution >= 0.6 is 0 Å². The monoisotopic (exact) mass is 290 g/mol. The second-order valence-corrected chi connectivity index (χ2v) is 6.90. The first-order chi connectivity index (χ1) is 9.99. The molecule has 5 nitrogen and oxygen atoms in total. The van der Waals surface area contributed by atoms with Crippen LogP contribution in [0, 0.1) is 5.92 Å². The minimum atomic E-state index is -0.158. The topological polar surface area (TPSA) is 41.4 Å². The molecule has 1 saturated carbocycles. The van der Waals surface area contributed by atoms with Crippen LogP contribution in [0.4, 0.5) is 0 Å². The van der Waals surface area contributed by atoms with E-state index in [0.717, 1.165) is 36.8 Å². The molecule has 116 valence electrons. The Labute approximate surface area is 126 Å². The van der Waals surface area contributed by atoms with Gasteiger partial charge in [-0.3, -0.25) is 9.69 Å². The third-order valence-electron chi connectivity index (χ3n) is 4.59. The van der Waals surface area contributed by atoms with Crippen LogP contribution in [-0.2, 0) is 11.2 Å². The van der Waals surface area contributed by atoms with Crippen molar-refractivity contribution in [2.75, 3.05) is 27.2 Å². The summed E-state index contributed by atoms with van der Waals surface area (Å²) in [5.74, 6) is 0.971. The molecule has 3 rings (SSSR count). The lowest BCUT2D eigenvalue weighted by Crippen LogP contribution is -2.45. The number of imidazole rings is 1. The van der Waals surface area contributed by atoms with E-state index in [1.165, 1.54) is 12.8 Å². The summed E-state index contributed by atoms with van der Waals surface area (Å²) in [6.45, 7) is 6.30. The molecule has 1 aliphatic carbocycles. The van der Waals surface area contributed by atoms with Gasteiger partial charge in [0.2, 0.25) is 5.91 Å². The normalized spacial score (nSPS) is 22.4. The van der Waals surface area contributed by atoms with Gasteiger partial charge in [0.05, 0.1) is 17.7 Å². The number of aromatic nitrogens is 2. The maximum atomic E-state index is 12.8. The van der Waals surface area contributed by atoms with Gasteiger partial charge in [-0.15, -0.1) is 0 Å². The molecule has 21 heavy (non-hydrogen) atoms. The van der Waals surface area contributed by atoms with E-state index in [4.69, 9.17) is 0 Å². The number of amides is 1. The van der Waals surface area contributed by atoms with E-state index in [1.807, 2.05) is 20.4 Å². The summed E-state index contributed by atoms with van der Waals surface area (Å²) in [5, 5.41) is 0. The fraction of sp³-hybridized carbons (Fsp3) is 0.750. The summed E-state index contributed by atoms with van der Waals surface area (Å²) in [6, 6.07) is 0.175. The van der Waals surface area contributed by atoms with Crippen LogP contribution in [0.5, 0.6) is 0 Å². The van der Waals surface area contributed by atoms with Gasteiger partial charge >= 0.3 is 0 Å². The molecule has 0 unspecified atom stereocenters. The van der Waals surface area contributed by atoms with E-state index >= 15 is 0 Å². The molecule has 1 atom stereocenters. The predicted octanol–water partition coefficient (Wildman–Crippen LogP) is 1.86. The largest absolute Gasteiger partial charge is 0.347 e. The lowest BCUT2D eigenvalue weighted by atomic mass is 10.00. The van der Waals surface area contributed by atoms with Gasteiger partial charge in [-0.2, -0.15) is 0 Å². The van der Waals surface area contributed by atoms with Crippen molar-refractivity contribution >= 4 is 5.91 Å². The van der Waals surface area contributed by atoms with Gasteiger partial charge in [-0.05, 0) is 32.6 Å². The molecule has 0 radical (unpaired) electrons. The Morgan fingerprint density at radius 2 is 2.14 bits per heavy atom. The molecule has 5 heteroatoms. The first kappa shape index (κ1) is 14.6. The molecule has 2 aliphatic rings. The highest BCUT2D eigenvalue weighted by molar-refractivity contribution is 5.83. The van der Waals surface area contributed by atoms with Gasteiger partial charge < -0.3 is 9.47 Å². The minimum Gasteiger partial charge on any atom is -0.347 e.